The summed E-state index contributed by atoms with van der Waals surface area (Å²) in [6, 6.07) is 6.66. The van der Waals surface area contributed by atoms with E-state index < -0.39 is 24.1 Å². The van der Waals surface area contributed by atoms with Crippen LogP contribution in [0, 0.1) is 0 Å². The first-order chi connectivity index (χ1) is 12.0. The lowest BCUT2D eigenvalue weighted by atomic mass is 10.1. The van der Waals surface area contributed by atoms with Crippen LogP contribution in [0.5, 0.6) is 0 Å². The lowest BCUT2D eigenvalue weighted by Gasteiger charge is -2.26. The van der Waals surface area contributed by atoms with E-state index >= 15 is 0 Å². The molecule has 0 saturated carbocycles. The summed E-state index contributed by atoms with van der Waals surface area (Å²) >= 11 is 0. The average molecular weight is 383 g/mol. The van der Waals surface area contributed by atoms with Gasteiger partial charge in [-0.1, -0.05) is 12.1 Å². The van der Waals surface area contributed by atoms with E-state index in [1.165, 1.54) is 4.57 Å². The summed E-state index contributed by atoms with van der Waals surface area (Å²) in [5, 5.41) is 10.3. The van der Waals surface area contributed by atoms with Gasteiger partial charge in [-0.25, -0.2) is 9.78 Å². The zero-order valence-electron chi connectivity index (χ0n) is 13.2. The van der Waals surface area contributed by atoms with Gasteiger partial charge >= 0.3 is 18.3 Å². The fraction of sp³-hybridized carbons (Fsp3) is 0.467. The second kappa shape index (κ2) is 7.52. The molecule has 11 heteroatoms. The fourth-order valence-electron chi connectivity index (χ4n) is 2.68. The quantitative estimate of drug-likeness (QED) is 0.739. The molecule has 0 spiro atoms. The number of piperidine rings is 1. The van der Waals surface area contributed by atoms with E-state index in [1.807, 2.05) is 0 Å². The Morgan fingerprint density at radius 2 is 1.65 bits per heavy atom. The molecule has 1 fully saturated rings. The van der Waals surface area contributed by atoms with Crippen LogP contribution in [0.2, 0.25) is 0 Å². The Morgan fingerprint density at radius 3 is 2.15 bits per heavy atom. The molecule has 144 valence electrons. The summed E-state index contributed by atoms with van der Waals surface area (Å²) in [4.78, 5) is 12.7. The van der Waals surface area contributed by atoms with Crippen molar-refractivity contribution in [1.29, 1.82) is 0 Å². The van der Waals surface area contributed by atoms with E-state index in [-0.39, 0.29) is 6.04 Å². The second-order valence-electron chi connectivity index (χ2n) is 5.58. The van der Waals surface area contributed by atoms with Crippen molar-refractivity contribution in [2.75, 3.05) is 13.1 Å². The number of hydrogen-bond acceptors (Lipinski definition) is 3. The van der Waals surface area contributed by atoms with Crippen LogP contribution in [0.25, 0.3) is 11.0 Å². The van der Waals surface area contributed by atoms with Gasteiger partial charge in [-0.15, -0.1) is 0 Å². The average Bonchev–Trinajstić information content (AvgIpc) is 2.95. The number of fused-ring (bicyclic) bond motifs is 1. The first-order valence-electron chi connectivity index (χ1n) is 7.57. The van der Waals surface area contributed by atoms with Gasteiger partial charge < -0.3 is 15.0 Å². The fourth-order valence-corrected chi connectivity index (χ4v) is 2.68. The molecule has 2 aromatic rings. The molecular formula is C15H15F6N3O2. The predicted octanol–water partition coefficient (Wildman–Crippen LogP) is 3.61. The highest BCUT2D eigenvalue weighted by atomic mass is 19.4. The van der Waals surface area contributed by atoms with Crippen molar-refractivity contribution in [1.82, 2.24) is 14.9 Å². The Labute approximate surface area is 143 Å². The van der Waals surface area contributed by atoms with E-state index in [0.717, 1.165) is 13.1 Å². The normalized spacial score (nSPS) is 16.2. The standard InChI is InChI=1S/C13H14F3N3.C2HF3O2/c14-13(15,16)12-18-10-3-1-2-4-11(10)19(12)9-5-7-17-8-6-9;3-2(4,5)1(6)7/h1-4,9,17H,5-8H2;(H,6,7). The van der Waals surface area contributed by atoms with Crippen molar-refractivity contribution in [3.05, 3.63) is 30.1 Å². The second-order valence-corrected chi connectivity index (χ2v) is 5.58. The van der Waals surface area contributed by atoms with Gasteiger partial charge in [0.05, 0.1) is 11.0 Å². The minimum absolute atomic E-state index is 0.134. The lowest BCUT2D eigenvalue weighted by Crippen LogP contribution is -2.31. The van der Waals surface area contributed by atoms with Gasteiger partial charge in [0, 0.05) is 6.04 Å². The van der Waals surface area contributed by atoms with Crippen molar-refractivity contribution in [2.24, 2.45) is 0 Å². The van der Waals surface area contributed by atoms with Gasteiger partial charge in [0.2, 0.25) is 5.82 Å². The molecule has 0 amide bonds. The summed E-state index contributed by atoms with van der Waals surface area (Å²) in [6.45, 7) is 1.49. The predicted molar refractivity (Wildman–Crippen MR) is 79.6 cm³/mol. The molecule has 3 rings (SSSR count). The maximum absolute atomic E-state index is 13.1. The van der Waals surface area contributed by atoms with Crippen molar-refractivity contribution in [2.45, 2.75) is 31.2 Å². The third kappa shape index (κ3) is 4.65. The van der Waals surface area contributed by atoms with Crippen LogP contribution in [0.3, 0.4) is 0 Å². The van der Waals surface area contributed by atoms with Crippen molar-refractivity contribution in [3.8, 4) is 0 Å². The molecule has 2 N–H and O–H groups in total. The minimum atomic E-state index is -5.08. The number of rotatable bonds is 1. The number of benzene rings is 1. The summed E-state index contributed by atoms with van der Waals surface area (Å²) < 4.78 is 72.5. The van der Waals surface area contributed by atoms with Gasteiger partial charge in [0.15, 0.2) is 0 Å². The number of para-hydroxylation sites is 2. The Morgan fingerprint density at radius 1 is 1.12 bits per heavy atom. The van der Waals surface area contributed by atoms with Crippen LogP contribution in [-0.2, 0) is 11.0 Å². The van der Waals surface area contributed by atoms with Crippen molar-refractivity contribution < 1.29 is 36.2 Å². The summed E-state index contributed by atoms with van der Waals surface area (Å²) in [7, 11) is 0. The zero-order chi connectivity index (χ0) is 19.5. The molecule has 1 saturated heterocycles. The molecular weight excluding hydrogens is 368 g/mol. The molecule has 0 atom stereocenters. The summed E-state index contributed by atoms with van der Waals surface area (Å²) in [5.41, 5.74) is 0.982. The SMILES string of the molecule is FC(F)(F)c1nc2ccccc2n1C1CCNCC1.O=C(O)C(F)(F)F. The molecule has 1 aliphatic rings. The Bertz CT molecular complexity index is 763. The van der Waals surface area contributed by atoms with Crippen LogP contribution >= 0.6 is 0 Å². The van der Waals surface area contributed by atoms with Gasteiger partial charge in [-0.2, -0.15) is 26.3 Å². The first-order valence-corrected chi connectivity index (χ1v) is 7.57. The maximum Gasteiger partial charge on any atom is 0.490 e. The zero-order valence-corrected chi connectivity index (χ0v) is 13.2. The minimum Gasteiger partial charge on any atom is -0.475 e. The number of imidazole rings is 1. The molecule has 0 bridgehead atoms. The van der Waals surface area contributed by atoms with Crippen LogP contribution in [0.4, 0.5) is 26.3 Å². The van der Waals surface area contributed by atoms with Crippen LogP contribution in [0.1, 0.15) is 24.7 Å². The topological polar surface area (TPSA) is 67.2 Å². The Hall–Kier alpha value is -2.30. The highest BCUT2D eigenvalue weighted by molar-refractivity contribution is 5.76. The van der Waals surface area contributed by atoms with E-state index in [1.54, 1.807) is 24.3 Å². The highest BCUT2D eigenvalue weighted by Gasteiger charge is 2.39. The van der Waals surface area contributed by atoms with Crippen LogP contribution in [-0.4, -0.2) is 39.9 Å². The number of nitrogens with zero attached hydrogens (tertiary/aromatic N) is 2. The smallest absolute Gasteiger partial charge is 0.475 e. The van der Waals surface area contributed by atoms with Crippen molar-refractivity contribution >= 4 is 17.0 Å². The molecule has 0 radical (unpaired) electrons. The molecule has 1 aromatic carbocycles. The van der Waals surface area contributed by atoms with Gasteiger partial charge in [0.1, 0.15) is 0 Å². The Kier molecular flexibility index (Phi) is 5.79. The monoisotopic (exact) mass is 383 g/mol. The van der Waals surface area contributed by atoms with E-state index in [4.69, 9.17) is 9.90 Å². The number of aromatic nitrogens is 2. The number of alkyl halides is 6. The van der Waals surface area contributed by atoms with Crippen LogP contribution in [0.15, 0.2) is 24.3 Å². The van der Waals surface area contributed by atoms with E-state index in [9.17, 15) is 26.3 Å². The highest BCUT2D eigenvalue weighted by Crippen LogP contribution is 2.35. The van der Waals surface area contributed by atoms with Crippen LogP contribution < -0.4 is 5.32 Å². The third-order valence-corrected chi connectivity index (χ3v) is 3.77. The molecule has 5 nitrogen and oxygen atoms in total. The molecule has 2 heterocycles. The molecule has 0 aliphatic carbocycles. The summed E-state index contributed by atoms with van der Waals surface area (Å²) in [5.74, 6) is -3.53. The number of halogens is 6. The maximum atomic E-state index is 13.1. The van der Waals surface area contributed by atoms with E-state index in [0.29, 0.717) is 23.9 Å². The summed E-state index contributed by atoms with van der Waals surface area (Å²) in [6.07, 6.45) is -8.10. The van der Waals surface area contributed by atoms with Crippen molar-refractivity contribution in [3.63, 3.8) is 0 Å². The Balaban J connectivity index is 0.000000298. The lowest BCUT2D eigenvalue weighted by molar-refractivity contribution is -0.192. The number of aliphatic carboxylic acids is 1. The number of carboxylic acids is 1. The van der Waals surface area contributed by atoms with E-state index in [2.05, 4.69) is 10.3 Å². The number of nitrogens with one attached hydrogen (secondary N) is 1. The third-order valence-electron chi connectivity index (χ3n) is 3.77. The molecule has 1 aromatic heterocycles. The largest absolute Gasteiger partial charge is 0.490 e. The van der Waals surface area contributed by atoms with Gasteiger partial charge in [0.25, 0.3) is 0 Å². The van der Waals surface area contributed by atoms with Gasteiger partial charge in [-0.05, 0) is 38.1 Å². The molecule has 26 heavy (non-hydrogen) atoms. The number of carboxylic acid groups (broad SMARTS) is 1. The van der Waals surface area contributed by atoms with Gasteiger partial charge in [-0.3, -0.25) is 0 Å². The number of carbonyl (C=O) groups is 1. The molecule has 1 aliphatic heterocycles. The molecule has 0 unspecified atom stereocenters. The first kappa shape index (κ1) is 20.0. The number of hydrogen-bond donors (Lipinski definition) is 2.